The molecule has 2 aromatic carbocycles. The Morgan fingerprint density at radius 1 is 1.23 bits per heavy atom. The number of methoxy groups -OCH3 is 1. The second kappa shape index (κ2) is 7.59. The average Bonchev–Trinajstić information content (AvgIpc) is 2.67. The van der Waals surface area contributed by atoms with Gasteiger partial charge in [0.1, 0.15) is 5.75 Å². The van der Waals surface area contributed by atoms with Crippen LogP contribution in [0.5, 0.6) is 5.75 Å². The number of hydrogen-bond acceptors (Lipinski definition) is 6. The van der Waals surface area contributed by atoms with Crippen molar-refractivity contribution in [2.24, 2.45) is 5.84 Å². The van der Waals surface area contributed by atoms with Crippen molar-refractivity contribution in [3.05, 3.63) is 58.9 Å². The van der Waals surface area contributed by atoms with Crippen molar-refractivity contribution in [1.29, 1.82) is 0 Å². The molecule has 7 nitrogen and oxygen atoms in total. The molecule has 1 heterocycles. The molecule has 1 aromatic heterocycles. The van der Waals surface area contributed by atoms with Crippen LogP contribution in [0.2, 0.25) is 0 Å². The van der Waals surface area contributed by atoms with E-state index >= 15 is 0 Å². The number of thioether (sulfide) groups is 1. The lowest BCUT2D eigenvalue weighted by atomic mass is 10.2. The Labute approximate surface area is 154 Å². The summed E-state index contributed by atoms with van der Waals surface area (Å²) in [5.41, 5.74) is 3.12. The molecule has 0 aliphatic rings. The van der Waals surface area contributed by atoms with E-state index in [1.165, 1.54) is 16.3 Å². The van der Waals surface area contributed by atoms with Crippen molar-refractivity contribution in [3.63, 3.8) is 0 Å². The number of fused-ring (bicyclic) bond motifs is 1. The van der Waals surface area contributed by atoms with E-state index < -0.39 is 5.25 Å². The molecule has 3 aromatic rings. The summed E-state index contributed by atoms with van der Waals surface area (Å²) in [5, 5.41) is 0.399. The normalized spacial score (nSPS) is 12.0. The van der Waals surface area contributed by atoms with Crippen LogP contribution in [0.3, 0.4) is 0 Å². The highest BCUT2D eigenvalue weighted by atomic mass is 32.2. The minimum Gasteiger partial charge on any atom is -0.497 e. The standard InChI is InChI=1S/C18H18N4O3S/c1-11(16(23)21-19)26-18-20-15-6-4-3-5-14(15)17(24)22(18)12-7-9-13(25-2)10-8-12/h3-11H,19H2,1-2H3,(H,21,23). The van der Waals surface area contributed by atoms with Crippen LogP contribution < -0.4 is 21.6 Å². The van der Waals surface area contributed by atoms with Crippen LogP contribution in [-0.2, 0) is 4.79 Å². The summed E-state index contributed by atoms with van der Waals surface area (Å²) in [4.78, 5) is 29.5. The van der Waals surface area contributed by atoms with Gasteiger partial charge in [0.2, 0.25) is 5.91 Å². The fraction of sp³-hybridized carbons (Fsp3) is 0.167. The molecule has 0 fully saturated rings. The Bertz CT molecular complexity index is 1000. The Kier molecular flexibility index (Phi) is 5.24. The molecule has 0 aliphatic carbocycles. The molecule has 26 heavy (non-hydrogen) atoms. The monoisotopic (exact) mass is 370 g/mol. The van der Waals surface area contributed by atoms with Crippen LogP contribution >= 0.6 is 11.8 Å². The number of para-hydroxylation sites is 1. The second-order valence-corrected chi connectivity index (χ2v) is 6.83. The second-order valence-electron chi connectivity index (χ2n) is 5.52. The lowest BCUT2D eigenvalue weighted by molar-refractivity contribution is -0.120. The molecule has 0 radical (unpaired) electrons. The van der Waals surface area contributed by atoms with Crippen LogP contribution in [0.4, 0.5) is 0 Å². The molecule has 0 saturated heterocycles. The maximum atomic E-state index is 13.1. The zero-order chi connectivity index (χ0) is 18.7. The summed E-state index contributed by atoms with van der Waals surface area (Å²) >= 11 is 1.17. The van der Waals surface area contributed by atoms with Crippen molar-refractivity contribution in [2.75, 3.05) is 7.11 Å². The zero-order valence-corrected chi connectivity index (χ0v) is 15.1. The smallest absolute Gasteiger partial charge is 0.266 e. The van der Waals surface area contributed by atoms with E-state index in [0.717, 1.165) is 0 Å². The molecule has 3 rings (SSSR count). The van der Waals surface area contributed by atoms with E-state index in [9.17, 15) is 9.59 Å². The van der Waals surface area contributed by atoms with E-state index in [-0.39, 0.29) is 11.5 Å². The molecule has 0 aliphatic heterocycles. The first-order chi connectivity index (χ1) is 12.5. The number of hydrogen-bond donors (Lipinski definition) is 2. The van der Waals surface area contributed by atoms with E-state index in [4.69, 9.17) is 10.6 Å². The highest BCUT2D eigenvalue weighted by Crippen LogP contribution is 2.25. The van der Waals surface area contributed by atoms with Gasteiger partial charge in [0.25, 0.3) is 5.56 Å². The fourth-order valence-electron chi connectivity index (χ4n) is 2.48. The number of rotatable bonds is 5. The lowest BCUT2D eigenvalue weighted by Gasteiger charge is -2.16. The molecule has 8 heteroatoms. The van der Waals surface area contributed by atoms with Gasteiger partial charge in [-0.15, -0.1) is 0 Å². The van der Waals surface area contributed by atoms with Crippen LogP contribution in [0.25, 0.3) is 16.6 Å². The average molecular weight is 370 g/mol. The molecule has 134 valence electrons. The van der Waals surface area contributed by atoms with Gasteiger partial charge in [-0.1, -0.05) is 23.9 Å². The minimum absolute atomic E-state index is 0.205. The van der Waals surface area contributed by atoms with Crippen molar-refractivity contribution in [1.82, 2.24) is 15.0 Å². The number of nitrogens with two attached hydrogens (primary N) is 1. The Balaban J connectivity index is 2.20. The van der Waals surface area contributed by atoms with Gasteiger partial charge in [-0.25, -0.2) is 10.8 Å². The number of nitrogens with one attached hydrogen (secondary N) is 1. The predicted octanol–water partition coefficient (Wildman–Crippen LogP) is 1.86. The predicted molar refractivity (Wildman–Crippen MR) is 102 cm³/mol. The number of carbonyl (C=O) groups excluding carboxylic acids is 1. The van der Waals surface area contributed by atoms with Crippen molar-refractivity contribution in [2.45, 2.75) is 17.3 Å². The van der Waals surface area contributed by atoms with E-state index in [0.29, 0.717) is 27.5 Å². The van der Waals surface area contributed by atoms with Gasteiger partial charge in [0, 0.05) is 0 Å². The molecular weight excluding hydrogens is 352 g/mol. The van der Waals surface area contributed by atoms with Crippen LogP contribution in [0, 0.1) is 0 Å². The summed E-state index contributed by atoms with van der Waals surface area (Å²) in [7, 11) is 1.58. The summed E-state index contributed by atoms with van der Waals surface area (Å²) in [6, 6.07) is 14.2. The van der Waals surface area contributed by atoms with Gasteiger partial charge >= 0.3 is 0 Å². The van der Waals surface area contributed by atoms with Crippen molar-refractivity contribution >= 4 is 28.6 Å². The summed E-state index contributed by atoms with van der Waals surface area (Å²) in [5.74, 6) is 5.55. The Morgan fingerprint density at radius 3 is 2.58 bits per heavy atom. The largest absolute Gasteiger partial charge is 0.497 e. The summed E-state index contributed by atoms with van der Waals surface area (Å²) in [6.45, 7) is 1.70. The minimum atomic E-state index is -0.516. The number of nitrogens with zero attached hydrogens (tertiary/aromatic N) is 2. The zero-order valence-electron chi connectivity index (χ0n) is 14.3. The Hall–Kier alpha value is -2.84. The molecule has 3 N–H and O–H groups in total. The number of hydrazine groups is 1. The first-order valence-corrected chi connectivity index (χ1v) is 8.76. The Morgan fingerprint density at radius 2 is 1.92 bits per heavy atom. The van der Waals surface area contributed by atoms with Gasteiger partial charge in [-0.05, 0) is 43.3 Å². The van der Waals surface area contributed by atoms with E-state index in [1.807, 2.05) is 6.07 Å². The van der Waals surface area contributed by atoms with Crippen LogP contribution in [0.15, 0.2) is 58.5 Å². The van der Waals surface area contributed by atoms with Gasteiger partial charge < -0.3 is 4.74 Å². The quantitative estimate of drug-likeness (QED) is 0.234. The van der Waals surface area contributed by atoms with Crippen molar-refractivity contribution < 1.29 is 9.53 Å². The number of aromatic nitrogens is 2. The van der Waals surface area contributed by atoms with Crippen LogP contribution in [-0.4, -0.2) is 27.8 Å². The molecule has 0 spiro atoms. The van der Waals surface area contributed by atoms with Gasteiger partial charge in [0.05, 0.1) is 29.0 Å². The molecular formula is C18H18N4O3S. The first kappa shape index (κ1) is 18.0. The highest BCUT2D eigenvalue weighted by molar-refractivity contribution is 8.00. The number of benzene rings is 2. The van der Waals surface area contributed by atoms with Gasteiger partial charge in [-0.3, -0.25) is 19.6 Å². The SMILES string of the molecule is COc1ccc(-n2c(SC(C)C(=O)NN)nc3ccccc3c2=O)cc1. The molecule has 0 saturated carbocycles. The number of ether oxygens (including phenoxy) is 1. The number of carbonyl (C=O) groups is 1. The third-order valence-electron chi connectivity index (χ3n) is 3.87. The maximum absolute atomic E-state index is 13.1. The van der Waals surface area contributed by atoms with Gasteiger partial charge in [-0.2, -0.15) is 0 Å². The number of amides is 1. The van der Waals surface area contributed by atoms with Gasteiger partial charge in [0.15, 0.2) is 5.16 Å². The maximum Gasteiger partial charge on any atom is 0.266 e. The molecule has 1 atom stereocenters. The fourth-order valence-corrected chi connectivity index (χ4v) is 3.42. The van der Waals surface area contributed by atoms with E-state index in [1.54, 1.807) is 56.5 Å². The van der Waals surface area contributed by atoms with Crippen LogP contribution in [0.1, 0.15) is 6.92 Å². The molecule has 1 amide bonds. The highest BCUT2D eigenvalue weighted by Gasteiger charge is 2.19. The first-order valence-electron chi connectivity index (χ1n) is 7.88. The summed E-state index contributed by atoms with van der Waals surface area (Å²) in [6.07, 6.45) is 0. The third-order valence-corrected chi connectivity index (χ3v) is 4.92. The van der Waals surface area contributed by atoms with E-state index in [2.05, 4.69) is 10.4 Å². The molecule has 0 bridgehead atoms. The topological polar surface area (TPSA) is 99.2 Å². The summed E-state index contributed by atoms with van der Waals surface area (Å²) < 4.78 is 6.66. The van der Waals surface area contributed by atoms with Crippen molar-refractivity contribution in [3.8, 4) is 11.4 Å². The third kappa shape index (κ3) is 3.42. The lowest BCUT2D eigenvalue weighted by Crippen LogP contribution is -2.36. The molecule has 1 unspecified atom stereocenters.